The second kappa shape index (κ2) is 0.713. The zero-order chi connectivity index (χ0) is 3.70. The van der Waals surface area contributed by atoms with Crippen molar-refractivity contribution in [2.45, 2.75) is 6.92 Å². The molecule has 0 atom stereocenters. The lowest BCUT2D eigenvalue weighted by Crippen LogP contribution is -1.35. The highest BCUT2D eigenvalue weighted by molar-refractivity contribution is 5.45. The normalized spacial score (nSPS) is 15.8. The van der Waals surface area contributed by atoms with Gasteiger partial charge in [0.2, 0.25) is 0 Å². The van der Waals surface area contributed by atoms with E-state index >= 15 is 0 Å². The lowest BCUT2D eigenvalue weighted by molar-refractivity contribution is 1.72. The van der Waals surface area contributed by atoms with Crippen LogP contribution < -0.4 is 0 Å². The van der Waals surface area contributed by atoms with Gasteiger partial charge in [0.25, 0.3) is 0 Å². The molecule has 0 aromatic rings. The Hall–Kier alpha value is -0.520. The van der Waals surface area contributed by atoms with Crippen LogP contribution in [0.4, 0.5) is 0 Å². The number of hydrogen-bond acceptors (Lipinski definition) is 0. The molecule has 0 N–H and O–H groups in total. The van der Waals surface area contributed by atoms with Gasteiger partial charge in [-0.05, 0) is 12.5 Å². The van der Waals surface area contributed by atoms with Crippen LogP contribution in [0.15, 0.2) is 23.8 Å². The summed E-state index contributed by atoms with van der Waals surface area (Å²) >= 11 is 0. The fourth-order valence-electron chi connectivity index (χ4n) is 0.241. The average molecular weight is 66.1 g/mol. The first-order valence-electron chi connectivity index (χ1n) is 1.78. The molecule has 0 nitrogen and oxygen atoms in total. The summed E-state index contributed by atoms with van der Waals surface area (Å²) in [4.78, 5) is 0. The van der Waals surface area contributed by atoms with E-state index in [-0.39, 0.29) is 0 Å². The van der Waals surface area contributed by atoms with E-state index in [9.17, 15) is 0 Å². The molecule has 0 aliphatic heterocycles. The third-order valence-electron chi connectivity index (χ3n) is 0.692. The standard InChI is InChI=1S/C5H6/c1-2-5-3-4-5/h2-4H,1H3. The van der Waals surface area contributed by atoms with Crippen LogP contribution in [-0.4, -0.2) is 0 Å². The van der Waals surface area contributed by atoms with Crippen LogP contribution in [0.5, 0.6) is 0 Å². The predicted octanol–water partition coefficient (Wildman–Crippen LogP) is 1.50. The van der Waals surface area contributed by atoms with E-state index in [4.69, 9.17) is 0 Å². The average Bonchev–Trinajstić information content (AvgIpc) is 2.12. The van der Waals surface area contributed by atoms with Crippen LogP contribution in [0, 0.1) is 0 Å². The van der Waals surface area contributed by atoms with Crippen molar-refractivity contribution in [1.29, 1.82) is 0 Å². The third kappa shape index (κ3) is 0.380. The molecule has 0 amide bonds. The molecule has 0 unspecified atom stereocenters. The number of rotatable bonds is 0. The fraction of sp³-hybridized carbons (Fsp3) is 0.200. The van der Waals surface area contributed by atoms with Gasteiger partial charge in [-0.15, -0.1) is 0 Å². The molecule has 0 spiro atoms. The minimum atomic E-state index is 1.38. The van der Waals surface area contributed by atoms with Gasteiger partial charge in [-0.2, -0.15) is 0 Å². The number of hydrogen-bond donors (Lipinski definition) is 0. The summed E-state index contributed by atoms with van der Waals surface area (Å²) in [6.45, 7) is 2.04. The molecule has 0 saturated heterocycles. The van der Waals surface area contributed by atoms with Gasteiger partial charge in [0.05, 0.1) is 0 Å². The Kier molecular flexibility index (Phi) is 0.385. The van der Waals surface area contributed by atoms with E-state index < -0.39 is 0 Å². The summed E-state index contributed by atoms with van der Waals surface area (Å²) in [7, 11) is 0. The first kappa shape index (κ1) is 2.70. The van der Waals surface area contributed by atoms with Gasteiger partial charge >= 0.3 is 0 Å². The van der Waals surface area contributed by atoms with E-state index in [1.165, 1.54) is 5.57 Å². The molecule has 0 heterocycles. The van der Waals surface area contributed by atoms with Crippen molar-refractivity contribution in [3.05, 3.63) is 23.8 Å². The molecular weight excluding hydrogens is 60.1 g/mol. The second-order valence-corrected chi connectivity index (χ2v) is 1.12. The lowest BCUT2D eigenvalue weighted by atomic mass is 10.5. The van der Waals surface area contributed by atoms with Crippen molar-refractivity contribution >= 4 is 0 Å². The monoisotopic (exact) mass is 66.0 g/mol. The highest BCUT2D eigenvalue weighted by atomic mass is 14.0. The van der Waals surface area contributed by atoms with Crippen molar-refractivity contribution in [2.24, 2.45) is 0 Å². The quantitative estimate of drug-likeness (QED) is 0.402. The minimum absolute atomic E-state index is 1.38. The van der Waals surface area contributed by atoms with Gasteiger partial charge in [-0.1, -0.05) is 18.2 Å². The summed E-state index contributed by atoms with van der Waals surface area (Å²) < 4.78 is 0. The van der Waals surface area contributed by atoms with Gasteiger partial charge in [-0.3, -0.25) is 0 Å². The van der Waals surface area contributed by atoms with Crippen molar-refractivity contribution in [2.75, 3.05) is 0 Å². The van der Waals surface area contributed by atoms with Crippen LogP contribution in [0.2, 0.25) is 0 Å². The Morgan fingerprint density at radius 1 is 1.60 bits per heavy atom. The maximum Gasteiger partial charge on any atom is -0.0299 e. The van der Waals surface area contributed by atoms with Gasteiger partial charge in [-0.25, -0.2) is 0 Å². The molecule has 0 fully saturated rings. The zero-order valence-corrected chi connectivity index (χ0v) is 3.23. The summed E-state index contributed by atoms with van der Waals surface area (Å²) in [6.07, 6.45) is 6.25. The minimum Gasteiger partial charge on any atom is -0.0804 e. The smallest absolute Gasteiger partial charge is 0.0299 e. The lowest BCUT2D eigenvalue weighted by Gasteiger charge is -1.55. The van der Waals surface area contributed by atoms with E-state index in [2.05, 4.69) is 18.2 Å². The van der Waals surface area contributed by atoms with E-state index in [0.29, 0.717) is 0 Å². The maximum absolute atomic E-state index is 2.08. The first-order chi connectivity index (χ1) is 2.43. The Balaban J connectivity index is 2.54. The predicted molar refractivity (Wildman–Crippen MR) is 22.9 cm³/mol. The fourth-order valence-corrected chi connectivity index (χ4v) is 0.241. The third-order valence-corrected chi connectivity index (χ3v) is 0.692. The molecule has 0 heteroatoms. The summed E-state index contributed by atoms with van der Waals surface area (Å²) in [6, 6.07) is 0. The van der Waals surface area contributed by atoms with Crippen LogP contribution in [0.1, 0.15) is 6.92 Å². The van der Waals surface area contributed by atoms with Crippen LogP contribution >= 0.6 is 0 Å². The second-order valence-electron chi connectivity index (χ2n) is 1.12. The highest BCUT2D eigenvalue weighted by Crippen LogP contribution is 2.11. The molecule has 1 aliphatic rings. The first-order valence-corrected chi connectivity index (χ1v) is 1.78. The van der Waals surface area contributed by atoms with E-state index in [0.717, 1.165) is 0 Å². The van der Waals surface area contributed by atoms with E-state index in [1.54, 1.807) is 0 Å². The van der Waals surface area contributed by atoms with Crippen molar-refractivity contribution in [3.63, 3.8) is 0 Å². The molecule has 1 rings (SSSR count). The van der Waals surface area contributed by atoms with Gasteiger partial charge in [0, 0.05) is 0 Å². The molecule has 0 radical (unpaired) electrons. The molecule has 5 heavy (non-hydrogen) atoms. The number of allylic oxidation sites excluding steroid dienone is 4. The highest BCUT2D eigenvalue weighted by Gasteiger charge is 1.91. The zero-order valence-electron chi connectivity index (χ0n) is 3.23. The SMILES string of the molecule is CC=C1C=C1. The summed E-state index contributed by atoms with van der Waals surface area (Å²) in [5.74, 6) is 0. The maximum atomic E-state index is 2.08. The molecule has 1 aliphatic carbocycles. The summed E-state index contributed by atoms with van der Waals surface area (Å²) in [5, 5.41) is 0. The molecule has 0 aromatic carbocycles. The summed E-state index contributed by atoms with van der Waals surface area (Å²) in [5.41, 5.74) is 1.38. The Bertz CT molecular complexity index is 78.2. The molecular formula is C5H6. The van der Waals surface area contributed by atoms with Gasteiger partial charge in [0.1, 0.15) is 0 Å². The molecule has 0 aromatic heterocycles. The van der Waals surface area contributed by atoms with Gasteiger partial charge < -0.3 is 0 Å². The van der Waals surface area contributed by atoms with Crippen LogP contribution in [0.25, 0.3) is 0 Å². The Morgan fingerprint density at radius 2 is 2.20 bits per heavy atom. The Labute approximate surface area is 31.8 Å². The van der Waals surface area contributed by atoms with E-state index in [1.807, 2.05) is 6.92 Å². The Morgan fingerprint density at radius 3 is 2.20 bits per heavy atom. The molecule has 26 valence electrons. The van der Waals surface area contributed by atoms with Crippen molar-refractivity contribution in [3.8, 4) is 0 Å². The molecule has 0 bridgehead atoms. The van der Waals surface area contributed by atoms with Crippen molar-refractivity contribution in [1.82, 2.24) is 0 Å². The van der Waals surface area contributed by atoms with Crippen LogP contribution in [0.3, 0.4) is 0 Å². The topological polar surface area (TPSA) is 0 Å². The largest absolute Gasteiger partial charge is 0.0804 e. The molecule has 0 saturated carbocycles. The van der Waals surface area contributed by atoms with Crippen LogP contribution in [-0.2, 0) is 0 Å². The van der Waals surface area contributed by atoms with Crippen molar-refractivity contribution < 1.29 is 0 Å². The van der Waals surface area contributed by atoms with Gasteiger partial charge in [0.15, 0.2) is 0 Å².